The van der Waals surface area contributed by atoms with Crippen molar-refractivity contribution in [2.24, 2.45) is 0 Å². The van der Waals surface area contributed by atoms with Crippen molar-refractivity contribution in [3.8, 4) is 0 Å². The van der Waals surface area contributed by atoms with Crippen LogP contribution in [0.4, 0.5) is 0 Å². The van der Waals surface area contributed by atoms with Gasteiger partial charge in [-0.25, -0.2) is 0 Å². The van der Waals surface area contributed by atoms with E-state index in [4.69, 9.17) is 0 Å². The summed E-state index contributed by atoms with van der Waals surface area (Å²) >= 11 is 0. The molecular formula is C32H68ClNO2. The highest BCUT2D eigenvalue weighted by molar-refractivity contribution is 4.67. The van der Waals surface area contributed by atoms with Gasteiger partial charge >= 0.3 is 0 Å². The van der Waals surface area contributed by atoms with Gasteiger partial charge in [0.05, 0.1) is 26.2 Å². The molecule has 0 aromatic rings. The number of halogens is 1. The van der Waals surface area contributed by atoms with Crippen molar-refractivity contribution >= 4 is 0 Å². The van der Waals surface area contributed by atoms with Crippen LogP contribution in [-0.2, 0) is 0 Å². The molecule has 0 aliphatic carbocycles. The highest BCUT2D eigenvalue weighted by Gasteiger charge is 2.34. The lowest BCUT2D eigenvalue weighted by atomic mass is 9.95. The fraction of sp³-hybridized carbons (Fsp3) is 1.00. The van der Waals surface area contributed by atoms with E-state index in [-0.39, 0.29) is 25.6 Å². The number of aliphatic hydroxyl groups is 2. The molecule has 0 spiro atoms. The molecule has 0 fully saturated rings. The molecule has 0 aliphatic heterocycles. The second-order valence-electron chi connectivity index (χ2n) is 11.9. The molecule has 0 saturated carbocycles. The second kappa shape index (κ2) is 28.2. The molecule has 0 aromatic carbocycles. The van der Waals surface area contributed by atoms with Gasteiger partial charge in [0.25, 0.3) is 0 Å². The van der Waals surface area contributed by atoms with Crippen LogP contribution in [0, 0.1) is 0 Å². The number of rotatable bonds is 28. The number of aliphatic hydroxyl groups excluding tert-OH is 2. The Labute approximate surface area is 234 Å². The van der Waals surface area contributed by atoms with Gasteiger partial charge < -0.3 is 27.1 Å². The molecule has 0 bridgehead atoms. The van der Waals surface area contributed by atoms with E-state index < -0.39 is 0 Å². The van der Waals surface area contributed by atoms with E-state index in [9.17, 15) is 10.2 Å². The van der Waals surface area contributed by atoms with Gasteiger partial charge in [0.1, 0.15) is 0 Å². The van der Waals surface area contributed by atoms with Crippen LogP contribution in [0.25, 0.3) is 0 Å². The van der Waals surface area contributed by atoms with E-state index in [1.165, 1.54) is 141 Å². The first-order valence-corrected chi connectivity index (χ1v) is 16.1. The summed E-state index contributed by atoms with van der Waals surface area (Å²) in [6.45, 7) is 5.14. The predicted molar refractivity (Wildman–Crippen MR) is 156 cm³/mol. The summed E-state index contributed by atoms with van der Waals surface area (Å²) in [6.07, 6.45) is 31.7. The molecule has 36 heavy (non-hydrogen) atoms. The molecule has 0 amide bonds. The lowest BCUT2D eigenvalue weighted by Crippen LogP contribution is -3.00. The van der Waals surface area contributed by atoms with Crippen LogP contribution in [0.5, 0.6) is 0 Å². The summed E-state index contributed by atoms with van der Waals surface area (Å²) in [5, 5.41) is 19.6. The van der Waals surface area contributed by atoms with Gasteiger partial charge in [-0.3, -0.25) is 0 Å². The second-order valence-corrected chi connectivity index (χ2v) is 11.9. The first kappa shape index (κ1) is 38.3. The van der Waals surface area contributed by atoms with Crippen molar-refractivity contribution in [1.82, 2.24) is 0 Å². The van der Waals surface area contributed by atoms with Crippen LogP contribution in [0.2, 0.25) is 0 Å². The van der Waals surface area contributed by atoms with Crippen LogP contribution in [0.15, 0.2) is 0 Å². The van der Waals surface area contributed by atoms with Crippen LogP contribution in [-0.4, -0.2) is 54.1 Å². The largest absolute Gasteiger partial charge is 1.00 e. The Kier molecular flexibility index (Phi) is 30.0. The number of quaternary nitrogens is 1. The quantitative estimate of drug-likeness (QED) is 0.0929. The summed E-state index contributed by atoms with van der Waals surface area (Å²) in [5.41, 5.74) is 0. The summed E-state index contributed by atoms with van der Waals surface area (Å²) in [6, 6.07) is 1.02. The lowest BCUT2D eigenvalue weighted by molar-refractivity contribution is -0.940. The Balaban J connectivity index is 0. The number of nitrogens with zero attached hydrogens (tertiary/aromatic N) is 1. The Morgan fingerprint density at radius 1 is 0.417 bits per heavy atom. The van der Waals surface area contributed by atoms with Crippen molar-refractivity contribution in [2.45, 2.75) is 180 Å². The minimum absolute atomic E-state index is 0. The maximum Gasteiger partial charge on any atom is 0.0910 e. The minimum Gasteiger partial charge on any atom is -1.00 e. The molecule has 220 valence electrons. The number of hydrogen-bond acceptors (Lipinski definition) is 2. The fourth-order valence-electron chi connectivity index (χ4n) is 5.95. The van der Waals surface area contributed by atoms with E-state index in [1.807, 2.05) is 0 Å². The van der Waals surface area contributed by atoms with Crippen molar-refractivity contribution in [1.29, 1.82) is 0 Å². The molecule has 3 nitrogen and oxygen atoms in total. The Bertz CT molecular complexity index is 383. The van der Waals surface area contributed by atoms with Gasteiger partial charge in [-0.1, -0.05) is 129 Å². The monoisotopic (exact) mass is 533 g/mol. The summed E-state index contributed by atoms with van der Waals surface area (Å²) in [5.74, 6) is 0. The molecule has 0 saturated heterocycles. The maximum atomic E-state index is 9.78. The topological polar surface area (TPSA) is 40.5 Å². The normalized spacial score (nSPS) is 13.5. The van der Waals surface area contributed by atoms with Crippen LogP contribution >= 0.6 is 0 Å². The summed E-state index contributed by atoms with van der Waals surface area (Å²) < 4.78 is 0.968. The molecular weight excluding hydrogens is 466 g/mol. The van der Waals surface area contributed by atoms with Gasteiger partial charge in [0.15, 0.2) is 0 Å². The Morgan fingerprint density at radius 3 is 0.917 bits per heavy atom. The van der Waals surface area contributed by atoms with E-state index in [1.54, 1.807) is 0 Å². The number of unbranched alkanes of at least 4 members (excludes halogenated alkanes) is 18. The zero-order valence-corrected chi connectivity index (χ0v) is 26.0. The maximum absolute atomic E-state index is 9.78. The van der Waals surface area contributed by atoms with Gasteiger partial charge in [0, 0.05) is 26.1 Å². The van der Waals surface area contributed by atoms with Crippen LogP contribution in [0.1, 0.15) is 168 Å². The molecule has 2 N–H and O–H groups in total. The average Bonchev–Trinajstić information content (AvgIpc) is 2.84. The standard InChI is InChI=1S/C32H68NO2.ClH/c1-5-7-9-11-13-15-17-19-21-23-25-31(27-29-34)33(3,4)32(28-30-35)26-24-22-20-18-16-14-12-10-8-6-2;/h31-32,34-35H,5-30H2,1-4H3;1H/q+1;/p-1. The zero-order valence-electron chi connectivity index (χ0n) is 25.3. The number of hydrogen-bond donors (Lipinski definition) is 2. The van der Waals surface area contributed by atoms with Crippen LogP contribution < -0.4 is 12.4 Å². The molecule has 0 radical (unpaired) electrons. The molecule has 0 aliphatic rings. The average molecular weight is 534 g/mol. The highest BCUT2D eigenvalue weighted by atomic mass is 35.5. The van der Waals surface area contributed by atoms with Gasteiger partial charge in [-0.2, -0.15) is 0 Å². The Hall–Kier alpha value is 0.170. The third-order valence-corrected chi connectivity index (χ3v) is 8.59. The SMILES string of the molecule is CCCCCCCCCCCCC(CCO)[N+](C)(C)C(CCO)CCCCCCCCCCCC.[Cl-]. The first-order valence-electron chi connectivity index (χ1n) is 16.1. The summed E-state index contributed by atoms with van der Waals surface area (Å²) in [4.78, 5) is 0. The highest BCUT2D eigenvalue weighted by Crippen LogP contribution is 2.27. The minimum atomic E-state index is 0. The third kappa shape index (κ3) is 21.1. The van der Waals surface area contributed by atoms with Gasteiger partial charge in [-0.15, -0.1) is 0 Å². The van der Waals surface area contributed by atoms with E-state index >= 15 is 0 Å². The van der Waals surface area contributed by atoms with E-state index in [0.717, 1.165) is 17.3 Å². The van der Waals surface area contributed by atoms with Crippen molar-refractivity contribution < 1.29 is 27.1 Å². The summed E-state index contributed by atoms with van der Waals surface area (Å²) in [7, 11) is 4.74. The van der Waals surface area contributed by atoms with Crippen LogP contribution in [0.3, 0.4) is 0 Å². The Morgan fingerprint density at radius 2 is 0.667 bits per heavy atom. The van der Waals surface area contributed by atoms with Crippen molar-refractivity contribution in [3.05, 3.63) is 0 Å². The van der Waals surface area contributed by atoms with Crippen molar-refractivity contribution in [2.75, 3.05) is 27.3 Å². The van der Waals surface area contributed by atoms with E-state index in [2.05, 4.69) is 27.9 Å². The lowest BCUT2D eigenvalue weighted by Gasteiger charge is -2.45. The smallest absolute Gasteiger partial charge is 0.0910 e. The third-order valence-electron chi connectivity index (χ3n) is 8.59. The van der Waals surface area contributed by atoms with Gasteiger partial charge in [-0.05, 0) is 25.7 Å². The predicted octanol–water partition coefficient (Wildman–Crippen LogP) is 6.19. The van der Waals surface area contributed by atoms with Crippen molar-refractivity contribution in [3.63, 3.8) is 0 Å². The fourth-order valence-corrected chi connectivity index (χ4v) is 5.95. The molecule has 2 unspecified atom stereocenters. The molecule has 2 atom stereocenters. The van der Waals surface area contributed by atoms with Gasteiger partial charge in [0.2, 0.25) is 0 Å². The molecule has 0 heterocycles. The van der Waals surface area contributed by atoms with E-state index in [0.29, 0.717) is 12.1 Å². The molecule has 0 aromatic heterocycles. The first-order chi connectivity index (χ1) is 17.0. The molecule has 4 heteroatoms. The molecule has 0 rings (SSSR count). The zero-order chi connectivity index (χ0) is 26.0.